The zero-order valence-corrected chi connectivity index (χ0v) is 7.14. The van der Waals surface area contributed by atoms with Gasteiger partial charge >= 0.3 is 0 Å². The second-order valence-electron chi connectivity index (χ2n) is 2.61. The molecule has 0 unspecified atom stereocenters. The van der Waals surface area contributed by atoms with Crippen LogP contribution in [-0.4, -0.2) is 15.1 Å². The van der Waals surface area contributed by atoms with E-state index in [1.165, 1.54) is 12.3 Å². The SMILES string of the molecule is NCc1noc(-c2cncc(F)c2)n1. The molecular formula is C8H7FN4O. The second kappa shape index (κ2) is 3.51. The van der Waals surface area contributed by atoms with Crippen LogP contribution in [0.2, 0.25) is 0 Å². The summed E-state index contributed by atoms with van der Waals surface area (Å²) in [6.07, 6.45) is 2.54. The first-order valence-electron chi connectivity index (χ1n) is 3.93. The highest BCUT2D eigenvalue weighted by Crippen LogP contribution is 2.16. The van der Waals surface area contributed by atoms with Crippen molar-refractivity contribution in [1.82, 2.24) is 15.1 Å². The predicted molar refractivity (Wildman–Crippen MR) is 45.4 cm³/mol. The molecule has 0 bridgehead atoms. The Bertz CT molecular complexity index is 442. The summed E-state index contributed by atoms with van der Waals surface area (Å²) in [4.78, 5) is 7.59. The molecule has 0 saturated heterocycles. The molecule has 0 aliphatic rings. The van der Waals surface area contributed by atoms with Crippen LogP contribution < -0.4 is 5.73 Å². The number of pyridine rings is 1. The molecule has 0 atom stereocenters. The quantitative estimate of drug-likeness (QED) is 0.762. The van der Waals surface area contributed by atoms with Crippen molar-refractivity contribution in [2.24, 2.45) is 5.73 Å². The molecule has 0 spiro atoms. The highest BCUT2D eigenvalue weighted by atomic mass is 19.1. The van der Waals surface area contributed by atoms with E-state index in [1.54, 1.807) is 0 Å². The van der Waals surface area contributed by atoms with Gasteiger partial charge < -0.3 is 10.3 Å². The molecule has 2 rings (SSSR count). The van der Waals surface area contributed by atoms with Crippen LogP contribution >= 0.6 is 0 Å². The first-order chi connectivity index (χ1) is 6.79. The summed E-state index contributed by atoms with van der Waals surface area (Å²) >= 11 is 0. The van der Waals surface area contributed by atoms with E-state index in [4.69, 9.17) is 10.3 Å². The molecule has 0 aromatic carbocycles. The molecule has 2 aromatic heterocycles. The maximum atomic E-state index is 12.8. The van der Waals surface area contributed by atoms with Crippen LogP contribution in [0, 0.1) is 5.82 Å². The third kappa shape index (κ3) is 1.60. The molecule has 0 fully saturated rings. The van der Waals surface area contributed by atoms with Crippen molar-refractivity contribution in [2.45, 2.75) is 6.54 Å². The molecule has 0 radical (unpaired) electrons. The number of nitrogens with zero attached hydrogens (tertiary/aromatic N) is 3. The van der Waals surface area contributed by atoms with Crippen LogP contribution in [0.1, 0.15) is 5.82 Å². The molecule has 2 heterocycles. The molecule has 2 N–H and O–H groups in total. The second-order valence-corrected chi connectivity index (χ2v) is 2.61. The highest BCUT2D eigenvalue weighted by molar-refractivity contribution is 5.50. The summed E-state index contributed by atoms with van der Waals surface area (Å²) < 4.78 is 17.6. The lowest BCUT2D eigenvalue weighted by Crippen LogP contribution is -1.97. The first-order valence-corrected chi connectivity index (χ1v) is 3.93. The number of rotatable bonds is 2. The molecular weight excluding hydrogens is 187 g/mol. The van der Waals surface area contributed by atoms with E-state index in [9.17, 15) is 4.39 Å². The van der Waals surface area contributed by atoms with Gasteiger partial charge in [-0.1, -0.05) is 5.16 Å². The smallest absolute Gasteiger partial charge is 0.259 e. The highest BCUT2D eigenvalue weighted by Gasteiger charge is 2.08. The lowest BCUT2D eigenvalue weighted by Gasteiger charge is -1.91. The van der Waals surface area contributed by atoms with Crippen LogP contribution in [-0.2, 0) is 6.54 Å². The molecule has 72 valence electrons. The fraction of sp³-hybridized carbons (Fsp3) is 0.125. The lowest BCUT2D eigenvalue weighted by molar-refractivity contribution is 0.422. The van der Waals surface area contributed by atoms with Gasteiger partial charge in [0, 0.05) is 6.20 Å². The van der Waals surface area contributed by atoms with E-state index >= 15 is 0 Å². The van der Waals surface area contributed by atoms with Gasteiger partial charge in [-0.3, -0.25) is 4.98 Å². The summed E-state index contributed by atoms with van der Waals surface area (Å²) in [6.45, 7) is 0.187. The Balaban J connectivity index is 2.39. The number of halogens is 1. The molecule has 0 aliphatic carbocycles. The summed E-state index contributed by atoms with van der Waals surface area (Å²) in [5.41, 5.74) is 5.74. The molecule has 0 saturated carbocycles. The minimum absolute atomic E-state index is 0.187. The molecule has 14 heavy (non-hydrogen) atoms. The van der Waals surface area contributed by atoms with Gasteiger partial charge in [0.15, 0.2) is 5.82 Å². The van der Waals surface area contributed by atoms with Crippen LogP contribution in [0.5, 0.6) is 0 Å². The van der Waals surface area contributed by atoms with E-state index in [2.05, 4.69) is 15.1 Å². The van der Waals surface area contributed by atoms with Crippen LogP contribution in [0.4, 0.5) is 4.39 Å². The van der Waals surface area contributed by atoms with Gasteiger partial charge in [-0.25, -0.2) is 4.39 Å². The van der Waals surface area contributed by atoms with Gasteiger partial charge in [0.05, 0.1) is 18.3 Å². The largest absolute Gasteiger partial charge is 0.334 e. The summed E-state index contributed by atoms with van der Waals surface area (Å²) in [5, 5.41) is 3.58. The van der Waals surface area contributed by atoms with Crippen LogP contribution in [0.15, 0.2) is 23.0 Å². The minimum atomic E-state index is -0.449. The predicted octanol–water partition coefficient (Wildman–Crippen LogP) is 0.729. The van der Waals surface area contributed by atoms with E-state index in [0.717, 1.165) is 6.20 Å². The van der Waals surface area contributed by atoms with E-state index < -0.39 is 5.82 Å². The Morgan fingerprint density at radius 1 is 1.43 bits per heavy atom. The number of hydrogen-bond donors (Lipinski definition) is 1. The Morgan fingerprint density at radius 2 is 2.29 bits per heavy atom. The standard InChI is InChI=1S/C8H7FN4O/c9-6-1-5(3-11-4-6)8-12-7(2-10)13-14-8/h1,3-4H,2,10H2. The van der Waals surface area contributed by atoms with E-state index in [-0.39, 0.29) is 12.4 Å². The summed E-state index contributed by atoms with van der Waals surface area (Å²) in [5.74, 6) is 0.150. The van der Waals surface area contributed by atoms with Crippen molar-refractivity contribution in [1.29, 1.82) is 0 Å². The maximum Gasteiger partial charge on any atom is 0.259 e. The molecule has 0 amide bonds. The van der Waals surface area contributed by atoms with Gasteiger partial charge in [0.25, 0.3) is 5.89 Å². The monoisotopic (exact) mass is 194 g/mol. The minimum Gasteiger partial charge on any atom is -0.334 e. The van der Waals surface area contributed by atoms with E-state index in [0.29, 0.717) is 11.4 Å². The van der Waals surface area contributed by atoms with Gasteiger partial charge in [0.2, 0.25) is 0 Å². The van der Waals surface area contributed by atoms with Crippen molar-refractivity contribution >= 4 is 0 Å². The van der Waals surface area contributed by atoms with Gasteiger partial charge in [-0.15, -0.1) is 0 Å². The zero-order valence-electron chi connectivity index (χ0n) is 7.14. The third-order valence-corrected chi connectivity index (χ3v) is 1.60. The van der Waals surface area contributed by atoms with Crippen molar-refractivity contribution < 1.29 is 8.91 Å². The topological polar surface area (TPSA) is 77.8 Å². The fourth-order valence-corrected chi connectivity index (χ4v) is 0.983. The third-order valence-electron chi connectivity index (χ3n) is 1.60. The average Bonchev–Trinajstić information content (AvgIpc) is 2.66. The van der Waals surface area contributed by atoms with E-state index in [1.807, 2.05) is 0 Å². The van der Waals surface area contributed by atoms with Crippen molar-refractivity contribution in [3.8, 4) is 11.5 Å². The van der Waals surface area contributed by atoms with Crippen LogP contribution in [0.25, 0.3) is 11.5 Å². The fourth-order valence-electron chi connectivity index (χ4n) is 0.983. The summed E-state index contributed by atoms with van der Waals surface area (Å²) in [7, 11) is 0. The Kier molecular flexibility index (Phi) is 2.19. The zero-order chi connectivity index (χ0) is 9.97. The molecule has 0 aliphatic heterocycles. The average molecular weight is 194 g/mol. The van der Waals surface area contributed by atoms with Gasteiger partial charge in [0.1, 0.15) is 5.82 Å². The summed E-state index contributed by atoms with van der Waals surface area (Å²) in [6, 6.07) is 1.26. The van der Waals surface area contributed by atoms with Crippen molar-refractivity contribution in [3.63, 3.8) is 0 Å². The maximum absolute atomic E-state index is 12.8. The molecule has 5 nitrogen and oxygen atoms in total. The van der Waals surface area contributed by atoms with Gasteiger partial charge in [-0.2, -0.15) is 4.98 Å². The number of hydrogen-bond acceptors (Lipinski definition) is 5. The van der Waals surface area contributed by atoms with Crippen LogP contribution in [0.3, 0.4) is 0 Å². The lowest BCUT2D eigenvalue weighted by atomic mass is 10.3. The van der Waals surface area contributed by atoms with Gasteiger partial charge in [-0.05, 0) is 6.07 Å². The normalized spacial score (nSPS) is 10.4. The Hall–Kier alpha value is -1.82. The Morgan fingerprint density at radius 3 is 2.93 bits per heavy atom. The number of nitrogens with two attached hydrogens (primary N) is 1. The van der Waals surface area contributed by atoms with Crippen molar-refractivity contribution in [2.75, 3.05) is 0 Å². The number of aromatic nitrogens is 3. The molecule has 2 aromatic rings. The Labute approximate surface area is 78.8 Å². The van der Waals surface area contributed by atoms with Crippen molar-refractivity contribution in [3.05, 3.63) is 30.1 Å². The molecule has 6 heteroatoms. The first kappa shape index (κ1) is 8.76.